The summed E-state index contributed by atoms with van der Waals surface area (Å²) >= 11 is 0. The van der Waals surface area contributed by atoms with Crippen LogP contribution in [-0.2, 0) is 19.6 Å². The van der Waals surface area contributed by atoms with Crippen molar-refractivity contribution < 1.29 is 22.7 Å². The molecule has 0 spiro atoms. The normalized spacial score (nSPS) is 17.0. The Morgan fingerprint density at radius 2 is 1.74 bits per heavy atom. The Kier molecular flexibility index (Phi) is 5.18. The number of hydrogen-bond acceptors (Lipinski definition) is 5. The lowest BCUT2D eigenvalue weighted by atomic mass is 10.2. The molecule has 8 heteroatoms. The minimum Gasteiger partial charge on any atom is -0.497 e. The van der Waals surface area contributed by atoms with Gasteiger partial charge in [0.25, 0.3) is 10.0 Å². The molecule has 2 aromatic carbocycles. The zero-order valence-corrected chi connectivity index (χ0v) is 15.8. The van der Waals surface area contributed by atoms with Gasteiger partial charge in [-0.05, 0) is 49.7 Å². The molecule has 3 rings (SSSR count). The number of anilines is 1. The molecule has 1 unspecified atom stereocenters. The number of nitrogens with zero attached hydrogens (tertiary/aromatic N) is 1. The number of amides is 2. The SMILES string of the molecule is COc1ccc(NC(=O)C2CCC(=O)N2S(=O)(=O)c2ccc(C)cc2)cc1. The summed E-state index contributed by atoms with van der Waals surface area (Å²) in [7, 11) is -2.57. The highest BCUT2D eigenvalue weighted by molar-refractivity contribution is 7.89. The van der Waals surface area contributed by atoms with Crippen molar-refractivity contribution in [2.24, 2.45) is 0 Å². The summed E-state index contributed by atoms with van der Waals surface area (Å²) in [5.41, 5.74) is 1.39. The number of methoxy groups -OCH3 is 1. The monoisotopic (exact) mass is 388 g/mol. The van der Waals surface area contributed by atoms with Gasteiger partial charge in [-0.1, -0.05) is 17.7 Å². The van der Waals surface area contributed by atoms with Crippen LogP contribution in [0.25, 0.3) is 0 Å². The molecular weight excluding hydrogens is 368 g/mol. The van der Waals surface area contributed by atoms with Gasteiger partial charge in [0.05, 0.1) is 12.0 Å². The van der Waals surface area contributed by atoms with Crippen LogP contribution in [0.15, 0.2) is 53.4 Å². The van der Waals surface area contributed by atoms with Crippen molar-refractivity contribution in [2.75, 3.05) is 12.4 Å². The molecule has 0 bridgehead atoms. The molecule has 1 aliphatic rings. The molecule has 1 saturated heterocycles. The Labute approximate surface area is 158 Å². The largest absolute Gasteiger partial charge is 0.497 e. The van der Waals surface area contributed by atoms with Gasteiger partial charge in [0, 0.05) is 12.1 Å². The fraction of sp³-hybridized carbons (Fsp3) is 0.263. The Balaban J connectivity index is 1.84. The van der Waals surface area contributed by atoms with Crippen molar-refractivity contribution in [3.05, 3.63) is 54.1 Å². The maximum atomic E-state index is 12.9. The van der Waals surface area contributed by atoms with Gasteiger partial charge in [-0.2, -0.15) is 0 Å². The van der Waals surface area contributed by atoms with E-state index >= 15 is 0 Å². The average Bonchev–Trinajstić information content (AvgIpc) is 3.05. The van der Waals surface area contributed by atoms with Crippen LogP contribution >= 0.6 is 0 Å². The molecule has 142 valence electrons. The second-order valence-corrected chi connectivity index (χ2v) is 8.09. The third-order valence-corrected chi connectivity index (χ3v) is 6.24. The molecule has 7 nitrogen and oxygen atoms in total. The molecule has 1 aliphatic heterocycles. The van der Waals surface area contributed by atoms with Crippen LogP contribution in [0.4, 0.5) is 5.69 Å². The van der Waals surface area contributed by atoms with Crippen LogP contribution in [0.3, 0.4) is 0 Å². The maximum absolute atomic E-state index is 12.9. The number of benzene rings is 2. The summed E-state index contributed by atoms with van der Waals surface area (Å²) in [6.07, 6.45) is 0.150. The van der Waals surface area contributed by atoms with Crippen LogP contribution in [0.1, 0.15) is 18.4 Å². The Morgan fingerprint density at radius 1 is 1.11 bits per heavy atom. The van der Waals surface area contributed by atoms with Crippen molar-refractivity contribution in [3.63, 3.8) is 0 Å². The molecule has 1 fully saturated rings. The van der Waals surface area contributed by atoms with Crippen LogP contribution in [-0.4, -0.2) is 37.7 Å². The molecule has 2 amide bonds. The number of nitrogens with one attached hydrogen (secondary N) is 1. The first-order valence-electron chi connectivity index (χ1n) is 8.42. The summed E-state index contributed by atoms with van der Waals surface area (Å²) < 4.78 is 31.6. The van der Waals surface area contributed by atoms with E-state index < -0.39 is 27.9 Å². The molecule has 0 saturated carbocycles. The highest BCUT2D eigenvalue weighted by atomic mass is 32.2. The molecule has 0 aromatic heterocycles. The summed E-state index contributed by atoms with van der Waals surface area (Å²) in [5, 5.41) is 2.67. The lowest BCUT2D eigenvalue weighted by molar-refractivity contribution is -0.128. The summed E-state index contributed by atoms with van der Waals surface area (Å²) in [5.74, 6) is -0.486. The van der Waals surface area contributed by atoms with E-state index in [0.717, 1.165) is 5.56 Å². The van der Waals surface area contributed by atoms with E-state index in [9.17, 15) is 18.0 Å². The zero-order chi connectivity index (χ0) is 19.6. The van der Waals surface area contributed by atoms with Gasteiger partial charge in [0.2, 0.25) is 11.8 Å². The van der Waals surface area contributed by atoms with Gasteiger partial charge in [0.15, 0.2) is 0 Å². The van der Waals surface area contributed by atoms with Crippen molar-refractivity contribution >= 4 is 27.5 Å². The van der Waals surface area contributed by atoms with Gasteiger partial charge in [-0.15, -0.1) is 0 Å². The van der Waals surface area contributed by atoms with Gasteiger partial charge in [-0.3, -0.25) is 9.59 Å². The van der Waals surface area contributed by atoms with Crippen LogP contribution in [0, 0.1) is 6.92 Å². The second kappa shape index (κ2) is 7.40. The van der Waals surface area contributed by atoms with Gasteiger partial charge in [0.1, 0.15) is 11.8 Å². The van der Waals surface area contributed by atoms with Gasteiger partial charge < -0.3 is 10.1 Å². The molecule has 2 aromatic rings. The second-order valence-electron chi connectivity index (χ2n) is 6.28. The lowest BCUT2D eigenvalue weighted by Gasteiger charge is -2.23. The van der Waals surface area contributed by atoms with Crippen molar-refractivity contribution in [3.8, 4) is 5.75 Å². The number of ether oxygens (including phenoxy) is 1. The smallest absolute Gasteiger partial charge is 0.267 e. The predicted molar refractivity (Wildman–Crippen MR) is 99.9 cm³/mol. The van der Waals surface area contributed by atoms with Crippen molar-refractivity contribution in [1.82, 2.24) is 4.31 Å². The van der Waals surface area contributed by atoms with E-state index in [2.05, 4.69) is 5.32 Å². The quantitative estimate of drug-likeness (QED) is 0.849. The van der Waals surface area contributed by atoms with E-state index in [4.69, 9.17) is 4.74 Å². The standard InChI is InChI=1S/C19H20N2O5S/c1-13-3-9-16(10-4-13)27(24,25)21-17(11-12-18(21)22)19(23)20-14-5-7-15(26-2)8-6-14/h3-10,17H,11-12H2,1-2H3,(H,20,23). The third kappa shape index (κ3) is 3.80. The van der Waals surface area contributed by atoms with Crippen LogP contribution in [0.2, 0.25) is 0 Å². The number of carbonyl (C=O) groups excluding carboxylic acids is 2. The minimum atomic E-state index is -4.10. The molecule has 27 heavy (non-hydrogen) atoms. The zero-order valence-electron chi connectivity index (χ0n) is 15.0. The Bertz CT molecular complexity index is 953. The Morgan fingerprint density at radius 3 is 2.33 bits per heavy atom. The summed E-state index contributed by atoms with van der Waals surface area (Å²) in [6.45, 7) is 1.84. The van der Waals surface area contributed by atoms with E-state index in [0.29, 0.717) is 15.7 Å². The fourth-order valence-corrected chi connectivity index (χ4v) is 4.53. The molecular formula is C19H20N2O5S. The van der Waals surface area contributed by atoms with E-state index in [1.807, 2.05) is 6.92 Å². The number of aryl methyl sites for hydroxylation is 1. The van der Waals surface area contributed by atoms with Gasteiger partial charge >= 0.3 is 0 Å². The maximum Gasteiger partial charge on any atom is 0.267 e. The first-order valence-corrected chi connectivity index (χ1v) is 9.86. The lowest BCUT2D eigenvalue weighted by Crippen LogP contribution is -2.45. The van der Waals surface area contributed by atoms with Crippen molar-refractivity contribution in [1.29, 1.82) is 0 Å². The number of carbonyl (C=O) groups is 2. The van der Waals surface area contributed by atoms with Gasteiger partial charge in [-0.25, -0.2) is 12.7 Å². The first kappa shape index (κ1) is 18.9. The first-order chi connectivity index (χ1) is 12.8. The third-order valence-electron chi connectivity index (χ3n) is 4.40. The summed E-state index contributed by atoms with van der Waals surface area (Å²) in [4.78, 5) is 24.9. The summed E-state index contributed by atoms with van der Waals surface area (Å²) in [6, 6.07) is 11.7. The molecule has 0 aliphatic carbocycles. The van der Waals surface area contributed by atoms with Crippen molar-refractivity contribution in [2.45, 2.75) is 30.7 Å². The van der Waals surface area contributed by atoms with E-state index in [1.165, 1.54) is 19.2 Å². The molecule has 0 radical (unpaired) electrons. The number of hydrogen-bond donors (Lipinski definition) is 1. The number of sulfonamides is 1. The Hall–Kier alpha value is -2.87. The molecule has 1 N–H and O–H groups in total. The minimum absolute atomic E-state index is 0.00574. The van der Waals surface area contributed by atoms with E-state index in [1.54, 1.807) is 36.4 Å². The van der Waals surface area contributed by atoms with Crippen LogP contribution in [0.5, 0.6) is 5.75 Å². The average molecular weight is 388 g/mol. The fourth-order valence-electron chi connectivity index (χ4n) is 2.92. The topological polar surface area (TPSA) is 92.8 Å². The highest BCUT2D eigenvalue weighted by Gasteiger charge is 2.44. The highest BCUT2D eigenvalue weighted by Crippen LogP contribution is 2.28. The van der Waals surface area contributed by atoms with Crippen LogP contribution < -0.4 is 10.1 Å². The number of rotatable bonds is 5. The molecule has 1 atom stereocenters. The predicted octanol–water partition coefficient (Wildman–Crippen LogP) is 2.32. The molecule has 1 heterocycles. The van der Waals surface area contributed by atoms with E-state index in [-0.39, 0.29) is 17.7 Å².